The Morgan fingerprint density at radius 2 is 0.771 bits per heavy atom. The molecule has 2 fully saturated rings. The zero-order valence-electron chi connectivity index (χ0n) is 43.7. The predicted octanol–water partition coefficient (Wildman–Crippen LogP) is 18.6. The van der Waals surface area contributed by atoms with E-state index >= 15 is 0 Å². The Bertz CT molecular complexity index is 2220. The number of hydrogen-bond donors (Lipinski definition) is 0. The third-order valence-corrected chi connectivity index (χ3v) is 18.2. The van der Waals surface area contributed by atoms with E-state index in [1.165, 1.54) is 208 Å². The maximum absolute atomic E-state index is 6.19. The fourth-order valence-corrected chi connectivity index (χ4v) is 14.1. The monoisotopic (exact) mass is 1070 g/mol. The molecule has 9 rings (SSSR count). The first kappa shape index (κ1) is 54.2. The van der Waals surface area contributed by atoms with E-state index in [0.29, 0.717) is 12.1 Å². The molecule has 0 saturated heterocycles. The Labute approximate surface area is 438 Å². The molecule has 0 amide bonds. The Morgan fingerprint density at radius 3 is 1.14 bits per heavy atom. The van der Waals surface area contributed by atoms with Gasteiger partial charge >= 0.3 is 120 Å². The van der Waals surface area contributed by atoms with Crippen LogP contribution in [-0.2, 0) is 13.5 Å². The van der Waals surface area contributed by atoms with Crippen molar-refractivity contribution in [2.24, 2.45) is 0 Å². The van der Waals surface area contributed by atoms with Crippen molar-refractivity contribution < 1.29 is 13.5 Å². The van der Waals surface area contributed by atoms with Crippen molar-refractivity contribution in [2.75, 3.05) is 9.80 Å². The summed E-state index contributed by atoms with van der Waals surface area (Å²) in [5.41, 5.74) is 15.7. The standard InChI is InChI=1S/2C24H37N2.C15H10.2ClH.Ru/c2*1-20-17-21(2)24(22(3)18-20)26-16-15-25(19-26)23-13-11-9-7-5-4-6-8-10-12-14-23;1-2-6-12(7-3-1)15-11-10-13-8-4-5-9-14(13)15;;;/h2*15-19,23H,4-14H2,1-3H3;1-9,11H;2*1H;/q2*-1;;;;+2/p-2. The van der Waals surface area contributed by atoms with Gasteiger partial charge in [-0.2, -0.15) is 13.3 Å². The van der Waals surface area contributed by atoms with Crippen molar-refractivity contribution >= 4 is 40.4 Å². The summed E-state index contributed by atoms with van der Waals surface area (Å²) in [5.74, 6) is 0. The molecule has 0 N–H and O–H groups in total. The molecule has 0 bridgehead atoms. The number of fused-ring (bicyclic) bond motifs is 1. The van der Waals surface area contributed by atoms with Gasteiger partial charge in [0.1, 0.15) is 0 Å². The number of nitrogens with zero attached hydrogens (tertiary/aromatic N) is 4. The molecule has 4 aromatic rings. The summed E-state index contributed by atoms with van der Waals surface area (Å²) in [6, 6.07) is 29.2. The summed E-state index contributed by atoms with van der Waals surface area (Å²) in [4.78, 5) is 9.65. The molecule has 2 aliphatic heterocycles. The van der Waals surface area contributed by atoms with Crippen LogP contribution in [0.5, 0.6) is 0 Å². The van der Waals surface area contributed by atoms with Crippen LogP contribution in [0.2, 0.25) is 0 Å². The Balaban J connectivity index is 0.000000157. The molecular weight excluding hydrogens is 985 g/mol. The third kappa shape index (κ3) is 15.4. The molecule has 3 aliphatic carbocycles. The van der Waals surface area contributed by atoms with Crippen LogP contribution in [0.1, 0.15) is 191 Å². The van der Waals surface area contributed by atoms with Gasteiger partial charge in [-0.05, 0) is 114 Å². The molecule has 2 saturated carbocycles. The van der Waals surface area contributed by atoms with E-state index in [1.807, 2.05) is 24.3 Å². The molecular formula is C63H84Cl2N4Ru-2. The second-order valence-electron chi connectivity index (χ2n) is 20.8. The molecule has 0 spiro atoms. The first-order chi connectivity index (χ1) is 34.1. The van der Waals surface area contributed by atoms with E-state index in [1.54, 1.807) is 0 Å². The van der Waals surface area contributed by atoms with Crippen LogP contribution < -0.4 is 9.80 Å². The Hall–Kier alpha value is -3.63. The topological polar surface area (TPSA) is 13.0 Å². The summed E-state index contributed by atoms with van der Waals surface area (Å²) >= 11 is -1.88. The van der Waals surface area contributed by atoms with Gasteiger partial charge in [-0.3, -0.25) is 0 Å². The van der Waals surface area contributed by atoms with Crippen LogP contribution in [0.4, 0.5) is 11.4 Å². The summed E-state index contributed by atoms with van der Waals surface area (Å²) in [5, 5.41) is 0. The molecule has 0 aromatic heterocycles. The van der Waals surface area contributed by atoms with Gasteiger partial charge in [0.2, 0.25) is 0 Å². The first-order valence-corrected chi connectivity index (χ1v) is 32.5. The summed E-state index contributed by atoms with van der Waals surface area (Å²) in [6.45, 7) is 18.0. The van der Waals surface area contributed by atoms with Gasteiger partial charge in [0.15, 0.2) is 0 Å². The average molecular weight is 1070 g/mol. The molecule has 380 valence electrons. The van der Waals surface area contributed by atoms with E-state index in [-0.39, 0.29) is 0 Å². The number of rotatable bonds is 5. The second kappa shape index (κ2) is 28.0. The van der Waals surface area contributed by atoms with Gasteiger partial charge in [-0.25, -0.2) is 0 Å². The zero-order valence-corrected chi connectivity index (χ0v) is 46.9. The second-order valence-corrected chi connectivity index (χ2v) is 26.7. The Morgan fingerprint density at radius 1 is 0.429 bits per heavy atom. The van der Waals surface area contributed by atoms with Crippen molar-refractivity contribution in [3.05, 3.63) is 173 Å². The fourth-order valence-electron chi connectivity index (χ4n) is 11.6. The van der Waals surface area contributed by atoms with Gasteiger partial charge in [-0.15, -0.1) is 0 Å². The van der Waals surface area contributed by atoms with E-state index in [2.05, 4.69) is 160 Å². The molecule has 0 unspecified atom stereocenters. The number of halogens is 2. The van der Waals surface area contributed by atoms with Gasteiger partial charge in [0, 0.05) is 23.5 Å². The molecule has 2 heterocycles. The normalized spacial score (nSPS) is 19.2. The molecule has 7 heteroatoms. The zero-order chi connectivity index (χ0) is 49.2. The number of aryl methyl sites for hydroxylation is 6. The summed E-state index contributed by atoms with van der Waals surface area (Å²) in [7, 11) is 12.4. The van der Waals surface area contributed by atoms with Crippen LogP contribution >= 0.6 is 19.4 Å². The van der Waals surface area contributed by atoms with Crippen molar-refractivity contribution in [1.29, 1.82) is 0 Å². The van der Waals surface area contributed by atoms with Crippen molar-refractivity contribution in [3.8, 4) is 0 Å². The van der Waals surface area contributed by atoms with Crippen LogP contribution in [0.25, 0.3) is 5.57 Å². The number of hydrogen-bond acceptors (Lipinski definition) is 4. The number of benzene rings is 4. The molecule has 4 nitrogen and oxygen atoms in total. The minimum atomic E-state index is -1.88. The molecule has 0 atom stereocenters. The SMILES string of the molecule is Cc1cc(C)c(N2C=CN(C3CCCCCCCCCCC3)[CH-]2)c(C)c1.Cc1cc(C)c(N2C=CN(C3CCCCCCCCCCC3)[CH-]2)c(C)c1.[Cl][Ru]([Cl])=[C]1C=C(c2ccccc2)c2ccccc21. The van der Waals surface area contributed by atoms with E-state index in [0.717, 1.165) is 4.11 Å². The van der Waals surface area contributed by atoms with E-state index in [9.17, 15) is 0 Å². The molecule has 0 radical (unpaired) electrons. The van der Waals surface area contributed by atoms with Gasteiger partial charge in [0.05, 0.1) is 0 Å². The van der Waals surface area contributed by atoms with Crippen LogP contribution in [0, 0.1) is 54.9 Å². The van der Waals surface area contributed by atoms with Gasteiger partial charge in [-0.1, -0.05) is 151 Å². The maximum atomic E-state index is 6.19. The third-order valence-electron chi connectivity index (χ3n) is 15.1. The number of anilines is 2. The number of allylic oxidation sites excluding steroid dienone is 1. The fraction of sp³-hybridized carbons (Fsp3) is 0.476. The van der Waals surface area contributed by atoms with Gasteiger partial charge in [0.25, 0.3) is 0 Å². The van der Waals surface area contributed by atoms with Crippen LogP contribution in [0.3, 0.4) is 0 Å². The molecule has 4 aromatic carbocycles. The molecule has 70 heavy (non-hydrogen) atoms. The van der Waals surface area contributed by atoms with Crippen molar-refractivity contribution in [1.82, 2.24) is 9.80 Å². The summed E-state index contributed by atoms with van der Waals surface area (Å²) in [6.07, 6.45) is 42.2. The average Bonchev–Trinajstić information content (AvgIpc) is 4.10. The van der Waals surface area contributed by atoms with E-state index in [4.69, 9.17) is 19.4 Å². The first-order valence-electron chi connectivity index (χ1n) is 27.1. The quantitative estimate of drug-likeness (QED) is 0.146. The molecule has 5 aliphatic rings. The van der Waals surface area contributed by atoms with Crippen molar-refractivity contribution in [2.45, 2.75) is 195 Å². The van der Waals surface area contributed by atoms with Crippen LogP contribution in [-0.4, -0.2) is 26.0 Å². The predicted molar refractivity (Wildman–Crippen MR) is 302 cm³/mol. The Kier molecular flexibility index (Phi) is 21.7. The van der Waals surface area contributed by atoms with Gasteiger partial charge < -0.3 is 19.6 Å². The van der Waals surface area contributed by atoms with Crippen LogP contribution in [0.15, 0.2) is 110 Å². The minimum absolute atomic E-state index is 0.668. The van der Waals surface area contributed by atoms with E-state index < -0.39 is 13.5 Å². The summed E-state index contributed by atoms with van der Waals surface area (Å²) < 4.78 is 1.12. The van der Waals surface area contributed by atoms with Crippen molar-refractivity contribution in [3.63, 3.8) is 0 Å².